The van der Waals surface area contributed by atoms with E-state index in [1.165, 1.54) is 12.1 Å². The van der Waals surface area contributed by atoms with E-state index >= 15 is 0 Å². The highest BCUT2D eigenvalue weighted by atomic mass is 19.1. The van der Waals surface area contributed by atoms with Crippen LogP contribution >= 0.6 is 0 Å². The van der Waals surface area contributed by atoms with E-state index in [1.54, 1.807) is 30.5 Å². The van der Waals surface area contributed by atoms with Crippen molar-refractivity contribution in [1.82, 2.24) is 20.5 Å². The second kappa shape index (κ2) is 11.3. The lowest BCUT2D eigenvalue weighted by Gasteiger charge is -2.24. The first kappa shape index (κ1) is 23.3. The van der Waals surface area contributed by atoms with Crippen molar-refractivity contribution in [2.45, 2.75) is 38.8 Å². The molecule has 0 fully saturated rings. The average molecular weight is 416 g/mol. The molecule has 4 N–H and O–H groups in total. The van der Waals surface area contributed by atoms with Crippen molar-refractivity contribution in [3.8, 4) is 0 Å². The number of nitrogens with one attached hydrogen (secondary N) is 2. The van der Waals surface area contributed by atoms with Crippen LogP contribution in [-0.4, -0.2) is 47.9 Å². The number of hydrogen-bond donors (Lipinski definition) is 3. The SMILES string of the molecule is CCCN(C)[C@@H](C)C(=O)NC[C@H](C(=O)NCc1ccc(N)nc1)c1ccc(F)cc1. The number of pyridine rings is 1. The van der Waals surface area contributed by atoms with Crippen LogP contribution in [0.15, 0.2) is 42.6 Å². The zero-order valence-electron chi connectivity index (χ0n) is 17.7. The standard InChI is InChI=1S/C22H30FN5O2/c1-4-11-28(3)15(2)21(29)27-14-19(17-6-8-18(23)9-7-17)22(30)26-13-16-5-10-20(24)25-12-16/h5-10,12,15,19H,4,11,13-14H2,1-3H3,(H2,24,25)(H,26,30)(H,27,29)/t15-,19-/m0/s1. The van der Waals surface area contributed by atoms with Crippen LogP contribution in [0.1, 0.15) is 37.3 Å². The molecule has 2 aromatic rings. The fraction of sp³-hybridized carbons (Fsp3) is 0.409. The van der Waals surface area contributed by atoms with Gasteiger partial charge in [0.15, 0.2) is 0 Å². The molecule has 1 heterocycles. The molecule has 1 aromatic heterocycles. The van der Waals surface area contributed by atoms with Gasteiger partial charge >= 0.3 is 0 Å². The van der Waals surface area contributed by atoms with E-state index in [9.17, 15) is 14.0 Å². The Morgan fingerprint density at radius 2 is 1.83 bits per heavy atom. The molecule has 0 radical (unpaired) electrons. The van der Waals surface area contributed by atoms with Crippen molar-refractivity contribution in [3.05, 3.63) is 59.5 Å². The highest BCUT2D eigenvalue weighted by molar-refractivity contribution is 5.86. The molecule has 0 aliphatic heterocycles. The summed E-state index contributed by atoms with van der Waals surface area (Å²) in [6.45, 7) is 5.05. The number of rotatable bonds is 10. The summed E-state index contributed by atoms with van der Waals surface area (Å²) in [5.74, 6) is -1.06. The van der Waals surface area contributed by atoms with Gasteiger partial charge in [-0.05, 0) is 56.3 Å². The summed E-state index contributed by atoms with van der Waals surface area (Å²) in [4.78, 5) is 31.4. The van der Waals surface area contributed by atoms with Gasteiger partial charge in [-0.25, -0.2) is 9.37 Å². The van der Waals surface area contributed by atoms with Crippen LogP contribution in [0.4, 0.5) is 10.2 Å². The number of likely N-dealkylation sites (N-methyl/N-ethyl adjacent to an activating group) is 1. The Morgan fingerprint density at radius 1 is 1.13 bits per heavy atom. The van der Waals surface area contributed by atoms with Gasteiger partial charge in [-0.2, -0.15) is 0 Å². The highest BCUT2D eigenvalue weighted by Crippen LogP contribution is 2.17. The van der Waals surface area contributed by atoms with Crippen LogP contribution in [-0.2, 0) is 16.1 Å². The number of nitrogens with zero attached hydrogens (tertiary/aromatic N) is 2. The number of nitrogens with two attached hydrogens (primary N) is 1. The summed E-state index contributed by atoms with van der Waals surface area (Å²) in [6, 6.07) is 8.85. The molecule has 0 bridgehead atoms. The van der Waals surface area contributed by atoms with Crippen molar-refractivity contribution in [1.29, 1.82) is 0 Å². The Hall–Kier alpha value is -3.00. The Morgan fingerprint density at radius 3 is 2.43 bits per heavy atom. The van der Waals surface area contributed by atoms with Gasteiger partial charge in [-0.15, -0.1) is 0 Å². The quantitative estimate of drug-likeness (QED) is 0.551. The summed E-state index contributed by atoms with van der Waals surface area (Å²) < 4.78 is 13.3. The molecule has 0 aliphatic carbocycles. The number of carbonyl (C=O) groups is 2. The van der Waals surface area contributed by atoms with Gasteiger partial charge in [0.25, 0.3) is 0 Å². The van der Waals surface area contributed by atoms with E-state index in [2.05, 4.69) is 15.6 Å². The predicted octanol–water partition coefficient (Wildman–Crippen LogP) is 2.05. The first-order chi connectivity index (χ1) is 14.3. The molecule has 0 unspecified atom stereocenters. The molecule has 0 aliphatic rings. The van der Waals surface area contributed by atoms with Crippen LogP contribution in [0.2, 0.25) is 0 Å². The Balaban J connectivity index is 2.06. The second-order valence-corrected chi connectivity index (χ2v) is 7.31. The molecular weight excluding hydrogens is 385 g/mol. The maximum atomic E-state index is 13.3. The first-order valence-corrected chi connectivity index (χ1v) is 10.0. The monoisotopic (exact) mass is 415 g/mol. The lowest BCUT2D eigenvalue weighted by Crippen LogP contribution is -2.46. The van der Waals surface area contributed by atoms with E-state index in [4.69, 9.17) is 5.73 Å². The van der Waals surface area contributed by atoms with Gasteiger partial charge in [-0.1, -0.05) is 25.1 Å². The van der Waals surface area contributed by atoms with Gasteiger partial charge in [0, 0.05) is 19.3 Å². The van der Waals surface area contributed by atoms with Crippen molar-refractivity contribution >= 4 is 17.6 Å². The van der Waals surface area contributed by atoms with Gasteiger partial charge in [-0.3, -0.25) is 14.5 Å². The summed E-state index contributed by atoms with van der Waals surface area (Å²) in [6.07, 6.45) is 2.53. The van der Waals surface area contributed by atoms with Crippen molar-refractivity contribution < 1.29 is 14.0 Å². The van der Waals surface area contributed by atoms with E-state index in [0.29, 0.717) is 11.4 Å². The molecule has 2 atom stereocenters. The zero-order valence-corrected chi connectivity index (χ0v) is 17.7. The molecule has 1 aromatic carbocycles. The van der Waals surface area contributed by atoms with Crippen LogP contribution in [0.25, 0.3) is 0 Å². The number of nitrogen functional groups attached to an aromatic ring is 1. The largest absolute Gasteiger partial charge is 0.384 e. The molecule has 0 saturated heterocycles. The van der Waals surface area contributed by atoms with E-state index in [-0.39, 0.29) is 36.8 Å². The van der Waals surface area contributed by atoms with Crippen molar-refractivity contribution in [3.63, 3.8) is 0 Å². The number of amides is 2. The Kier molecular flexibility index (Phi) is 8.73. The van der Waals surface area contributed by atoms with Crippen LogP contribution in [0, 0.1) is 5.82 Å². The Labute approximate surface area is 176 Å². The third-order valence-electron chi connectivity index (χ3n) is 5.00. The maximum absolute atomic E-state index is 13.3. The minimum Gasteiger partial charge on any atom is -0.384 e. The first-order valence-electron chi connectivity index (χ1n) is 10.0. The molecule has 2 amide bonds. The number of anilines is 1. The lowest BCUT2D eigenvalue weighted by molar-refractivity contribution is -0.126. The summed E-state index contributed by atoms with van der Waals surface area (Å²) >= 11 is 0. The minimum atomic E-state index is -0.653. The van der Waals surface area contributed by atoms with E-state index in [1.807, 2.05) is 25.8 Å². The molecule has 162 valence electrons. The fourth-order valence-corrected chi connectivity index (χ4v) is 3.01. The summed E-state index contributed by atoms with van der Waals surface area (Å²) in [7, 11) is 1.89. The summed E-state index contributed by atoms with van der Waals surface area (Å²) in [5, 5.41) is 5.71. The third-order valence-corrected chi connectivity index (χ3v) is 5.00. The van der Waals surface area contributed by atoms with E-state index in [0.717, 1.165) is 18.5 Å². The van der Waals surface area contributed by atoms with Gasteiger partial charge in [0.05, 0.1) is 12.0 Å². The van der Waals surface area contributed by atoms with Crippen LogP contribution in [0.5, 0.6) is 0 Å². The third kappa shape index (κ3) is 6.81. The number of benzene rings is 1. The number of aromatic nitrogens is 1. The minimum absolute atomic E-state index is 0.112. The van der Waals surface area contributed by atoms with E-state index < -0.39 is 5.92 Å². The molecule has 8 heteroatoms. The fourth-order valence-electron chi connectivity index (χ4n) is 3.01. The Bertz CT molecular complexity index is 826. The van der Waals surface area contributed by atoms with Crippen molar-refractivity contribution in [2.24, 2.45) is 0 Å². The van der Waals surface area contributed by atoms with Gasteiger partial charge in [0.2, 0.25) is 11.8 Å². The number of hydrogen-bond acceptors (Lipinski definition) is 5. The second-order valence-electron chi connectivity index (χ2n) is 7.31. The lowest BCUT2D eigenvalue weighted by atomic mass is 9.97. The number of halogens is 1. The predicted molar refractivity (Wildman–Crippen MR) is 115 cm³/mol. The topological polar surface area (TPSA) is 100 Å². The molecule has 0 spiro atoms. The zero-order chi connectivity index (χ0) is 22.1. The normalized spacial score (nSPS) is 13.0. The van der Waals surface area contributed by atoms with Gasteiger partial charge < -0.3 is 16.4 Å². The highest BCUT2D eigenvalue weighted by Gasteiger charge is 2.24. The molecule has 30 heavy (non-hydrogen) atoms. The van der Waals surface area contributed by atoms with Crippen LogP contribution in [0.3, 0.4) is 0 Å². The number of carbonyl (C=O) groups excluding carboxylic acids is 2. The molecular formula is C22H30FN5O2. The maximum Gasteiger partial charge on any atom is 0.237 e. The van der Waals surface area contributed by atoms with Gasteiger partial charge in [0.1, 0.15) is 11.6 Å². The molecule has 0 saturated carbocycles. The van der Waals surface area contributed by atoms with Crippen molar-refractivity contribution in [2.75, 3.05) is 25.9 Å². The molecule has 7 nitrogen and oxygen atoms in total. The smallest absolute Gasteiger partial charge is 0.237 e. The average Bonchev–Trinajstić information content (AvgIpc) is 2.74. The summed E-state index contributed by atoms with van der Waals surface area (Å²) in [5.41, 5.74) is 7.00. The van der Waals surface area contributed by atoms with Crippen LogP contribution < -0.4 is 16.4 Å². The molecule has 2 rings (SSSR count).